The lowest BCUT2D eigenvalue weighted by molar-refractivity contribution is 0.157. The van der Waals surface area contributed by atoms with Crippen molar-refractivity contribution >= 4 is 27.2 Å². The number of rotatable bonds is 9. The van der Waals surface area contributed by atoms with Crippen LogP contribution in [0.5, 0.6) is 5.75 Å². The number of hydrogen-bond acceptors (Lipinski definition) is 7. The van der Waals surface area contributed by atoms with Crippen LogP contribution in [0.1, 0.15) is 12.8 Å². The van der Waals surface area contributed by atoms with E-state index in [2.05, 4.69) is 32.0 Å². The van der Waals surface area contributed by atoms with Crippen molar-refractivity contribution in [1.29, 1.82) is 0 Å². The van der Waals surface area contributed by atoms with Crippen LogP contribution in [-0.4, -0.2) is 50.0 Å². The molecule has 0 atom stereocenters. The summed E-state index contributed by atoms with van der Waals surface area (Å²) in [7, 11) is -1.98. The molecule has 0 saturated carbocycles. The highest BCUT2D eigenvalue weighted by molar-refractivity contribution is 7.92. The highest BCUT2D eigenvalue weighted by Gasteiger charge is 2.19. The van der Waals surface area contributed by atoms with E-state index in [0.29, 0.717) is 35.3 Å². The lowest BCUT2D eigenvalue weighted by atomic mass is 9.98. The van der Waals surface area contributed by atoms with Gasteiger partial charge < -0.3 is 15.0 Å². The summed E-state index contributed by atoms with van der Waals surface area (Å²) in [5.41, 5.74) is 1.99. The van der Waals surface area contributed by atoms with Crippen LogP contribution in [0, 0.1) is 17.6 Å². The summed E-state index contributed by atoms with van der Waals surface area (Å²) >= 11 is 0. The van der Waals surface area contributed by atoms with E-state index in [-0.39, 0.29) is 11.4 Å². The lowest BCUT2D eigenvalue weighted by Crippen LogP contribution is -2.32. The first-order valence-electron chi connectivity index (χ1n) is 12.8. The van der Waals surface area contributed by atoms with Gasteiger partial charge in [-0.25, -0.2) is 27.2 Å². The molecule has 208 valence electrons. The molecule has 2 N–H and O–H groups in total. The van der Waals surface area contributed by atoms with E-state index >= 15 is 0 Å². The fourth-order valence-electron chi connectivity index (χ4n) is 4.44. The number of benzene rings is 3. The van der Waals surface area contributed by atoms with Gasteiger partial charge >= 0.3 is 0 Å². The highest BCUT2D eigenvalue weighted by Crippen LogP contribution is 2.28. The number of piperidine rings is 1. The fourth-order valence-corrected chi connectivity index (χ4v) is 5.58. The number of hydrogen-bond donors (Lipinski definition) is 2. The van der Waals surface area contributed by atoms with Crippen molar-refractivity contribution in [3.63, 3.8) is 0 Å². The van der Waals surface area contributed by atoms with Crippen LogP contribution >= 0.6 is 0 Å². The summed E-state index contributed by atoms with van der Waals surface area (Å²) in [6, 6.07) is 18.0. The number of nitrogens with zero attached hydrogens (tertiary/aromatic N) is 3. The Bertz CT molecular complexity index is 1580. The minimum Gasteiger partial charge on any atom is -0.490 e. The fraction of sp³-hybridized carbons (Fsp3) is 0.241. The number of ether oxygens (including phenoxy) is 1. The topological polar surface area (TPSA) is 96.5 Å². The Labute approximate surface area is 232 Å². The highest BCUT2D eigenvalue weighted by atomic mass is 32.2. The molecule has 8 nitrogen and oxygen atoms in total. The average Bonchev–Trinajstić information content (AvgIpc) is 2.94. The van der Waals surface area contributed by atoms with Crippen molar-refractivity contribution < 1.29 is 21.9 Å². The summed E-state index contributed by atoms with van der Waals surface area (Å²) in [6.45, 7) is 2.55. The predicted molar refractivity (Wildman–Crippen MR) is 150 cm³/mol. The van der Waals surface area contributed by atoms with E-state index in [1.807, 2.05) is 0 Å². The standard InChI is InChI=1S/C29H29F2N5O3S/c1-36-14-12-20(13-15-36)18-39-27-11-6-21(16-25(27)31)26-17-29(33-19-32-26)34-22-7-9-23(10-8-22)35-40(37,38)28-5-3-2-4-24(28)30/h2-11,16-17,19-20,35H,12-15,18H2,1H3,(H,32,33,34). The van der Waals surface area contributed by atoms with Crippen molar-refractivity contribution in [3.05, 3.63) is 90.8 Å². The van der Waals surface area contributed by atoms with Crippen molar-refractivity contribution in [1.82, 2.24) is 14.9 Å². The van der Waals surface area contributed by atoms with E-state index in [0.717, 1.165) is 32.0 Å². The molecule has 0 aliphatic carbocycles. The van der Waals surface area contributed by atoms with Crippen LogP contribution in [0.3, 0.4) is 0 Å². The molecule has 1 aliphatic heterocycles. The Balaban J connectivity index is 1.22. The van der Waals surface area contributed by atoms with Gasteiger partial charge in [0.15, 0.2) is 11.6 Å². The molecular weight excluding hydrogens is 536 g/mol. The molecule has 1 fully saturated rings. The molecule has 1 aliphatic rings. The van der Waals surface area contributed by atoms with Crippen LogP contribution in [0.4, 0.5) is 26.0 Å². The second-order valence-corrected chi connectivity index (χ2v) is 11.4. The maximum atomic E-state index is 14.8. The molecule has 1 saturated heterocycles. The molecule has 11 heteroatoms. The van der Waals surface area contributed by atoms with Gasteiger partial charge in [0.25, 0.3) is 10.0 Å². The third-order valence-corrected chi connectivity index (χ3v) is 8.16. The van der Waals surface area contributed by atoms with Crippen LogP contribution in [0.25, 0.3) is 11.3 Å². The number of anilines is 3. The molecule has 0 amide bonds. The molecule has 5 rings (SSSR count). The minimum atomic E-state index is -4.08. The molecule has 0 radical (unpaired) electrons. The first-order chi connectivity index (χ1) is 19.3. The van der Waals surface area contributed by atoms with Gasteiger partial charge in [-0.15, -0.1) is 0 Å². The Morgan fingerprint density at radius 2 is 1.65 bits per heavy atom. The quantitative estimate of drug-likeness (QED) is 0.269. The number of halogens is 2. The average molecular weight is 566 g/mol. The normalized spacial score (nSPS) is 14.6. The third kappa shape index (κ3) is 6.72. The summed E-state index contributed by atoms with van der Waals surface area (Å²) in [5.74, 6) is -0.171. The number of nitrogens with one attached hydrogen (secondary N) is 2. The van der Waals surface area contributed by atoms with E-state index in [1.165, 1.54) is 30.6 Å². The van der Waals surface area contributed by atoms with Crippen LogP contribution in [0.15, 0.2) is 84.0 Å². The summed E-state index contributed by atoms with van der Waals surface area (Å²) in [6.07, 6.45) is 3.45. The molecule has 0 spiro atoms. The second-order valence-electron chi connectivity index (χ2n) is 9.73. The molecule has 2 heterocycles. The van der Waals surface area contributed by atoms with Crippen molar-refractivity contribution in [3.8, 4) is 17.0 Å². The van der Waals surface area contributed by atoms with E-state index in [4.69, 9.17) is 4.74 Å². The van der Waals surface area contributed by atoms with Gasteiger partial charge in [0.2, 0.25) is 0 Å². The van der Waals surface area contributed by atoms with Gasteiger partial charge in [-0.3, -0.25) is 4.72 Å². The van der Waals surface area contributed by atoms with Gasteiger partial charge in [0.1, 0.15) is 22.9 Å². The van der Waals surface area contributed by atoms with Crippen LogP contribution < -0.4 is 14.8 Å². The van der Waals surface area contributed by atoms with Gasteiger partial charge in [0, 0.05) is 23.0 Å². The minimum absolute atomic E-state index is 0.223. The van der Waals surface area contributed by atoms with Gasteiger partial charge in [0.05, 0.1) is 12.3 Å². The van der Waals surface area contributed by atoms with Crippen LogP contribution in [-0.2, 0) is 10.0 Å². The number of sulfonamides is 1. The maximum Gasteiger partial charge on any atom is 0.264 e. The summed E-state index contributed by atoms with van der Waals surface area (Å²) < 4.78 is 61.9. The first kappa shape index (κ1) is 27.5. The second kappa shape index (κ2) is 12.0. The van der Waals surface area contributed by atoms with Gasteiger partial charge in [-0.1, -0.05) is 12.1 Å². The zero-order valence-corrected chi connectivity index (χ0v) is 22.7. The monoisotopic (exact) mass is 565 g/mol. The summed E-state index contributed by atoms with van der Waals surface area (Å²) in [5, 5.41) is 3.12. The SMILES string of the molecule is CN1CCC(COc2ccc(-c3cc(Nc4ccc(NS(=O)(=O)c5ccccc5F)cc4)ncn3)cc2F)CC1. The van der Waals surface area contributed by atoms with Gasteiger partial charge in [-0.2, -0.15) is 0 Å². The molecule has 0 unspecified atom stereocenters. The van der Waals surface area contributed by atoms with Crippen molar-refractivity contribution in [2.24, 2.45) is 5.92 Å². The van der Waals surface area contributed by atoms with Crippen LogP contribution in [0.2, 0.25) is 0 Å². The Morgan fingerprint density at radius 3 is 2.38 bits per heavy atom. The predicted octanol–water partition coefficient (Wildman–Crippen LogP) is 5.69. The molecule has 4 aromatic rings. The maximum absolute atomic E-state index is 14.8. The molecule has 40 heavy (non-hydrogen) atoms. The zero-order valence-electron chi connectivity index (χ0n) is 21.8. The zero-order chi connectivity index (χ0) is 28.1. The smallest absolute Gasteiger partial charge is 0.264 e. The van der Waals surface area contributed by atoms with Gasteiger partial charge in [-0.05, 0) is 93.5 Å². The van der Waals surface area contributed by atoms with E-state index < -0.39 is 26.6 Å². The lowest BCUT2D eigenvalue weighted by Gasteiger charge is -2.28. The van der Waals surface area contributed by atoms with Crippen molar-refractivity contribution in [2.75, 3.05) is 36.8 Å². The molecule has 0 bridgehead atoms. The first-order valence-corrected chi connectivity index (χ1v) is 14.3. The Hall–Kier alpha value is -4.09. The number of aromatic nitrogens is 2. The van der Waals surface area contributed by atoms with E-state index in [9.17, 15) is 17.2 Å². The largest absolute Gasteiger partial charge is 0.490 e. The van der Waals surface area contributed by atoms with E-state index in [1.54, 1.807) is 42.5 Å². The molecular formula is C29H29F2N5O3S. The molecule has 3 aromatic carbocycles. The number of likely N-dealkylation sites (tertiary alicyclic amines) is 1. The Kier molecular flexibility index (Phi) is 8.22. The van der Waals surface area contributed by atoms with Crippen molar-refractivity contribution in [2.45, 2.75) is 17.7 Å². The Morgan fingerprint density at radius 1 is 0.925 bits per heavy atom. The summed E-state index contributed by atoms with van der Waals surface area (Å²) in [4.78, 5) is 10.3. The molecule has 1 aromatic heterocycles. The third-order valence-electron chi connectivity index (χ3n) is 6.74.